The lowest BCUT2D eigenvalue weighted by molar-refractivity contribution is -0.232. The van der Waals surface area contributed by atoms with Crippen LogP contribution in [0.3, 0.4) is 0 Å². The minimum Gasteiger partial charge on any atom is -0.170 e. The maximum absolute atomic E-state index is 13.8. The van der Waals surface area contributed by atoms with Gasteiger partial charge in [0, 0.05) is 0 Å². The zero-order chi connectivity index (χ0) is 18.5. The molecule has 0 amide bonds. The fourth-order valence-corrected chi connectivity index (χ4v) is 2.40. The highest BCUT2D eigenvalue weighted by atomic mass is 19.4. The van der Waals surface area contributed by atoms with Gasteiger partial charge in [0.25, 0.3) is 0 Å². The summed E-state index contributed by atoms with van der Waals surface area (Å²) in [6, 6.07) is 8.21. The van der Waals surface area contributed by atoms with Gasteiger partial charge in [-0.15, -0.1) is 0 Å². The number of hydrogen-bond acceptors (Lipinski definition) is 0. The maximum atomic E-state index is 13.8. The Morgan fingerprint density at radius 2 is 1.13 bits per heavy atom. The average Bonchev–Trinajstić information content (AvgIpc) is 2.45. The van der Waals surface area contributed by atoms with Crippen molar-refractivity contribution in [2.24, 2.45) is 10.8 Å². The van der Waals surface area contributed by atoms with E-state index in [1.807, 2.05) is 20.8 Å². The number of benzene rings is 1. The van der Waals surface area contributed by atoms with E-state index < -0.39 is 22.4 Å². The van der Waals surface area contributed by atoms with E-state index in [1.54, 1.807) is 44.2 Å². The molecule has 0 saturated heterocycles. The first-order chi connectivity index (χ1) is 10.3. The van der Waals surface area contributed by atoms with Crippen LogP contribution in [0.15, 0.2) is 30.3 Å². The van der Waals surface area contributed by atoms with Crippen LogP contribution in [0.25, 0.3) is 0 Å². The Morgan fingerprint density at radius 1 is 0.739 bits per heavy atom. The van der Waals surface area contributed by atoms with Crippen molar-refractivity contribution in [2.75, 3.05) is 0 Å². The van der Waals surface area contributed by atoms with Crippen LogP contribution < -0.4 is 0 Å². The van der Waals surface area contributed by atoms with Crippen LogP contribution in [0, 0.1) is 10.8 Å². The second-order valence-electron chi connectivity index (χ2n) is 7.86. The summed E-state index contributed by atoms with van der Waals surface area (Å²) in [5, 5.41) is 0. The predicted molar refractivity (Wildman–Crippen MR) is 93.7 cm³/mol. The normalized spacial score (nSPS) is 15.4. The zero-order valence-electron chi connectivity index (χ0n) is 15.9. The third kappa shape index (κ3) is 4.51. The molecule has 0 aromatic heterocycles. The van der Waals surface area contributed by atoms with Crippen molar-refractivity contribution in [3.8, 4) is 0 Å². The van der Waals surface area contributed by atoms with Gasteiger partial charge in [0.2, 0.25) is 0 Å². The highest BCUT2D eigenvalue weighted by Gasteiger charge is 2.63. The first-order valence-corrected chi connectivity index (χ1v) is 8.39. The van der Waals surface area contributed by atoms with E-state index in [1.165, 1.54) is 19.8 Å². The number of halogens is 3. The van der Waals surface area contributed by atoms with E-state index in [-0.39, 0.29) is 0 Å². The molecule has 1 unspecified atom stereocenters. The summed E-state index contributed by atoms with van der Waals surface area (Å²) in [5.41, 5.74) is -2.99. The van der Waals surface area contributed by atoms with Gasteiger partial charge >= 0.3 is 6.18 Å². The summed E-state index contributed by atoms with van der Waals surface area (Å²) < 4.78 is 41.4. The molecular weight excluding hydrogens is 297 g/mol. The number of alkyl halides is 3. The first kappa shape index (κ1) is 22.0. The molecule has 0 N–H and O–H groups in total. The van der Waals surface area contributed by atoms with E-state index in [9.17, 15) is 13.2 Å². The van der Waals surface area contributed by atoms with Crippen molar-refractivity contribution in [2.45, 2.75) is 79.8 Å². The molecule has 0 bridgehead atoms. The van der Waals surface area contributed by atoms with Gasteiger partial charge in [0.05, 0.1) is 5.41 Å². The Hall–Kier alpha value is -0.990. The molecule has 0 saturated carbocycles. The lowest BCUT2D eigenvalue weighted by Gasteiger charge is -2.53. The standard InChI is InChI=1S/C16H23F3.C4H10/c1-13(2,3)14(4,5)15(6,16(17,18)19)12-10-8-7-9-11-12;1-3-4-2/h7-11H,1-6H3;3-4H2,1-2H3. The average molecular weight is 330 g/mol. The van der Waals surface area contributed by atoms with Crippen molar-refractivity contribution < 1.29 is 13.2 Å². The molecule has 1 rings (SSSR count). The molecule has 0 aliphatic heterocycles. The predicted octanol–water partition coefficient (Wildman–Crippen LogP) is 7.39. The van der Waals surface area contributed by atoms with Crippen molar-refractivity contribution in [3.05, 3.63) is 35.9 Å². The lowest BCUT2D eigenvalue weighted by atomic mass is 9.52. The van der Waals surface area contributed by atoms with Gasteiger partial charge in [-0.2, -0.15) is 13.2 Å². The second kappa shape index (κ2) is 7.72. The van der Waals surface area contributed by atoms with E-state index in [2.05, 4.69) is 13.8 Å². The van der Waals surface area contributed by atoms with Gasteiger partial charge in [-0.3, -0.25) is 0 Å². The molecule has 0 radical (unpaired) electrons. The highest BCUT2D eigenvalue weighted by Crippen LogP contribution is 2.59. The van der Waals surface area contributed by atoms with Gasteiger partial charge in [-0.25, -0.2) is 0 Å². The fourth-order valence-electron chi connectivity index (χ4n) is 2.40. The third-order valence-corrected chi connectivity index (χ3v) is 5.54. The van der Waals surface area contributed by atoms with Crippen LogP contribution in [0.4, 0.5) is 13.2 Å². The minimum atomic E-state index is -4.30. The smallest absolute Gasteiger partial charge is 0.170 e. The quantitative estimate of drug-likeness (QED) is 0.542. The lowest BCUT2D eigenvalue weighted by Crippen LogP contribution is -2.56. The molecule has 0 spiro atoms. The molecule has 1 aromatic rings. The molecular formula is C20H33F3. The molecule has 0 nitrogen and oxygen atoms in total. The first-order valence-electron chi connectivity index (χ1n) is 8.39. The van der Waals surface area contributed by atoms with Crippen LogP contribution in [0.5, 0.6) is 0 Å². The molecule has 0 heterocycles. The van der Waals surface area contributed by atoms with Gasteiger partial charge in [-0.1, -0.05) is 91.6 Å². The van der Waals surface area contributed by atoms with Crippen molar-refractivity contribution in [1.82, 2.24) is 0 Å². The van der Waals surface area contributed by atoms with Crippen LogP contribution >= 0.6 is 0 Å². The number of rotatable bonds is 3. The molecule has 0 aliphatic rings. The fraction of sp³-hybridized carbons (Fsp3) is 0.700. The summed E-state index contributed by atoms with van der Waals surface area (Å²) in [6.07, 6.45) is -1.66. The molecule has 23 heavy (non-hydrogen) atoms. The summed E-state index contributed by atoms with van der Waals surface area (Å²) in [5.74, 6) is 0. The number of hydrogen-bond donors (Lipinski definition) is 0. The third-order valence-electron chi connectivity index (χ3n) is 5.54. The van der Waals surface area contributed by atoms with Crippen LogP contribution in [-0.4, -0.2) is 6.18 Å². The van der Waals surface area contributed by atoms with Gasteiger partial charge in [0.15, 0.2) is 0 Å². The Balaban J connectivity index is 0.00000108. The van der Waals surface area contributed by atoms with Gasteiger partial charge in [0.1, 0.15) is 0 Å². The molecule has 1 atom stereocenters. The molecule has 3 heteroatoms. The second-order valence-corrected chi connectivity index (χ2v) is 7.86. The molecule has 1 aromatic carbocycles. The summed E-state index contributed by atoms with van der Waals surface area (Å²) >= 11 is 0. The van der Waals surface area contributed by atoms with Crippen LogP contribution in [0.2, 0.25) is 0 Å². The number of unbranched alkanes of at least 4 members (excludes halogenated alkanes) is 1. The Morgan fingerprint density at radius 3 is 1.39 bits per heavy atom. The molecule has 0 aliphatic carbocycles. The minimum absolute atomic E-state index is 0.322. The highest BCUT2D eigenvalue weighted by molar-refractivity contribution is 5.30. The monoisotopic (exact) mass is 330 g/mol. The summed E-state index contributed by atoms with van der Waals surface area (Å²) in [6.45, 7) is 14.7. The summed E-state index contributed by atoms with van der Waals surface area (Å²) in [4.78, 5) is 0. The zero-order valence-corrected chi connectivity index (χ0v) is 15.9. The Bertz CT molecular complexity index is 450. The van der Waals surface area contributed by atoms with Crippen molar-refractivity contribution in [3.63, 3.8) is 0 Å². The van der Waals surface area contributed by atoms with Gasteiger partial charge < -0.3 is 0 Å². The van der Waals surface area contributed by atoms with E-state index >= 15 is 0 Å². The van der Waals surface area contributed by atoms with E-state index in [4.69, 9.17) is 0 Å². The largest absolute Gasteiger partial charge is 0.398 e. The maximum Gasteiger partial charge on any atom is 0.398 e. The van der Waals surface area contributed by atoms with Crippen molar-refractivity contribution >= 4 is 0 Å². The molecule has 134 valence electrons. The summed E-state index contributed by atoms with van der Waals surface area (Å²) in [7, 11) is 0. The van der Waals surface area contributed by atoms with Crippen LogP contribution in [0.1, 0.15) is 73.8 Å². The SMILES string of the molecule is CC(C)(C)C(C)(C)C(C)(c1ccccc1)C(F)(F)F.CCCC. The van der Waals surface area contributed by atoms with Gasteiger partial charge in [-0.05, 0) is 23.3 Å². The topological polar surface area (TPSA) is 0 Å². The molecule has 0 fully saturated rings. The Kier molecular flexibility index (Phi) is 7.39. The van der Waals surface area contributed by atoms with Crippen molar-refractivity contribution in [1.29, 1.82) is 0 Å². The van der Waals surface area contributed by atoms with Crippen LogP contribution in [-0.2, 0) is 5.41 Å². The van der Waals surface area contributed by atoms with E-state index in [0.29, 0.717) is 5.56 Å². The van der Waals surface area contributed by atoms with E-state index in [0.717, 1.165) is 0 Å². The Labute approximate surface area is 140 Å².